The van der Waals surface area contributed by atoms with E-state index in [9.17, 15) is 0 Å². The first-order valence-electron chi connectivity index (χ1n) is 10.5. The fourth-order valence-electron chi connectivity index (χ4n) is 3.48. The number of benzene rings is 1. The van der Waals surface area contributed by atoms with Crippen LogP contribution in [0.1, 0.15) is 25.3 Å². The van der Waals surface area contributed by atoms with Gasteiger partial charge in [0.2, 0.25) is 0 Å². The molecule has 1 fully saturated rings. The fraction of sp³-hybridized carbons (Fsp3) is 0.682. The zero-order chi connectivity index (χ0) is 20.0. The molecule has 158 valence electrons. The summed E-state index contributed by atoms with van der Waals surface area (Å²) in [6, 6.07) is 10.6. The molecule has 0 saturated carbocycles. The van der Waals surface area contributed by atoms with E-state index in [1.54, 1.807) is 7.11 Å². The summed E-state index contributed by atoms with van der Waals surface area (Å²) in [4.78, 5) is 9.60. The van der Waals surface area contributed by atoms with Gasteiger partial charge in [0, 0.05) is 45.8 Å². The lowest BCUT2D eigenvalue weighted by molar-refractivity contribution is 0.0536. The topological polar surface area (TPSA) is 49.3 Å². The molecule has 0 spiro atoms. The average molecular weight is 391 g/mol. The van der Waals surface area contributed by atoms with Crippen molar-refractivity contribution in [2.24, 2.45) is 10.9 Å². The first-order chi connectivity index (χ1) is 13.7. The number of hydrogen-bond donors (Lipinski definition) is 1. The van der Waals surface area contributed by atoms with Crippen LogP contribution in [0.3, 0.4) is 0 Å². The number of nitrogens with one attached hydrogen (secondary N) is 1. The van der Waals surface area contributed by atoms with Gasteiger partial charge >= 0.3 is 0 Å². The van der Waals surface area contributed by atoms with Crippen molar-refractivity contribution < 1.29 is 9.47 Å². The maximum atomic E-state index is 5.70. The Labute approximate surface area is 170 Å². The molecule has 1 aromatic rings. The minimum Gasteiger partial charge on any atom is -0.382 e. The van der Waals surface area contributed by atoms with Crippen LogP contribution in [0.15, 0.2) is 35.3 Å². The number of hydrogen-bond acceptors (Lipinski definition) is 4. The lowest BCUT2D eigenvalue weighted by Crippen LogP contribution is -2.40. The van der Waals surface area contributed by atoms with Crippen molar-refractivity contribution in [3.05, 3.63) is 35.9 Å². The van der Waals surface area contributed by atoms with Gasteiger partial charge in [-0.1, -0.05) is 30.3 Å². The van der Waals surface area contributed by atoms with Gasteiger partial charge in [-0.25, -0.2) is 0 Å². The molecule has 0 aromatic heterocycles. The SMILES string of the molecule is CCNC(=NCCCN(C)Cc1ccccc1)N1CCC(COCCOC)C1. The van der Waals surface area contributed by atoms with Crippen LogP contribution in [0.2, 0.25) is 0 Å². The molecule has 1 unspecified atom stereocenters. The highest BCUT2D eigenvalue weighted by Gasteiger charge is 2.24. The summed E-state index contributed by atoms with van der Waals surface area (Å²) in [6.45, 7) is 10.1. The molecule has 1 N–H and O–H groups in total. The summed E-state index contributed by atoms with van der Waals surface area (Å²) in [5.74, 6) is 1.63. The number of guanidine groups is 1. The Balaban J connectivity index is 1.70. The molecule has 1 atom stereocenters. The second kappa shape index (κ2) is 13.5. The number of ether oxygens (including phenoxy) is 2. The first kappa shape index (κ1) is 22.7. The van der Waals surface area contributed by atoms with Crippen LogP contribution in [0.4, 0.5) is 0 Å². The Bertz CT molecular complexity index is 553. The average Bonchev–Trinajstić information content (AvgIpc) is 3.17. The maximum Gasteiger partial charge on any atom is 0.193 e. The number of rotatable bonds is 12. The monoisotopic (exact) mass is 390 g/mol. The van der Waals surface area contributed by atoms with E-state index in [2.05, 4.69) is 59.4 Å². The van der Waals surface area contributed by atoms with E-state index in [0.29, 0.717) is 19.1 Å². The molecule has 0 amide bonds. The molecule has 1 aromatic carbocycles. The molecule has 0 aliphatic carbocycles. The minimum atomic E-state index is 0.581. The van der Waals surface area contributed by atoms with Crippen LogP contribution in [0.5, 0.6) is 0 Å². The minimum absolute atomic E-state index is 0.581. The van der Waals surface area contributed by atoms with E-state index in [0.717, 1.165) is 64.7 Å². The summed E-state index contributed by atoms with van der Waals surface area (Å²) in [6.07, 6.45) is 2.23. The Morgan fingerprint density at radius 3 is 2.86 bits per heavy atom. The van der Waals surface area contributed by atoms with Crippen molar-refractivity contribution in [3.8, 4) is 0 Å². The van der Waals surface area contributed by atoms with Gasteiger partial charge in [0.1, 0.15) is 0 Å². The molecule has 1 heterocycles. The Morgan fingerprint density at radius 1 is 1.29 bits per heavy atom. The summed E-state index contributed by atoms with van der Waals surface area (Å²) < 4.78 is 10.7. The number of methoxy groups -OCH3 is 1. The molecule has 1 aliphatic heterocycles. The van der Waals surface area contributed by atoms with E-state index in [1.165, 1.54) is 5.56 Å². The summed E-state index contributed by atoms with van der Waals surface area (Å²) in [5.41, 5.74) is 1.36. The molecule has 1 saturated heterocycles. The van der Waals surface area contributed by atoms with Crippen molar-refractivity contribution in [1.82, 2.24) is 15.1 Å². The third kappa shape index (κ3) is 8.59. The molecule has 6 heteroatoms. The van der Waals surface area contributed by atoms with Crippen LogP contribution in [-0.4, -0.2) is 82.5 Å². The fourth-order valence-corrected chi connectivity index (χ4v) is 3.48. The molecule has 28 heavy (non-hydrogen) atoms. The highest BCUT2D eigenvalue weighted by atomic mass is 16.5. The van der Waals surface area contributed by atoms with E-state index in [1.807, 2.05) is 0 Å². The molecule has 2 rings (SSSR count). The van der Waals surface area contributed by atoms with Gasteiger partial charge in [0.05, 0.1) is 19.8 Å². The van der Waals surface area contributed by atoms with Crippen LogP contribution in [-0.2, 0) is 16.0 Å². The van der Waals surface area contributed by atoms with Gasteiger partial charge in [-0.05, 0) is 38.9 Å². The number of aliphatic imine (C=N–C) groups is 1. The third-order valence-corrected chi connectivity index (χ3v) is 4.96. The largest absolute Gasteiger partial charge is 0.382 e. The highest BCUT2D eigenvalue weighted by molar-refractivity contribution is 5.80. The Hall–Kier alpha value is -1.63. The summed E-state index contributed by atoms with van der Waals surface area (Å²) in [7, 11) is 3.88. The molecule has 0 bridgehead atoms. The second-order valence-corrected chi connectivity index (χ2v) is 7.48. The maximum absolute atomic E-state index is 5.70. The van der Waals surface area contributed by atoms with Crippen molar-refractivity contribution in [3.63, 3.8) is 0 Å². The van der Waals surface area contributed by atoms with Crippen molar-refractivity contribution in [2.45, 2.75) is 26.3 Å². The van der Waals surface area contributed by atoms with Crippen LogP contribution in [0, 0.1) is 5.92 Å². The van der Waals surface area contributed by atoms with Crippen molar-refractivity contribution >= 4 is 5.96 Å². The van der Waals surface area contributed by atoms with Gasteiger partial charge in [-0.3, -0.25) is 4.99 Å². The van der Waals surface area contributed by atoms with Crippen LogP contribution < -0.4 is 5.32 Å². The van der Waals surface area contributed by atoms with Crippen molar-refractivity contribution in [1.29, 1.82) is 0 Å². The summed E-state index contributed by atoms with van der Waals surface area (Å²) >= 11 is 0. The lowest BCUT2D eigenvalue weighted by Gasteiger charge is -2.22. The smallest absolute Gasteiger partial charge is 0.193 e. The van der Waals surface area contributed by atoms with Gasteiger partial charge in [-0.15, -0.1) is 0 Å². The van der Waals surface area contributed by atoms with Crippen molar-refractivity contribution in [2.75, 3.05) is 66.7 Å². The van der Waals surface area contributed by atoms with E-state index >= 15 is 0 Å². The van der Waals surface area contributed by atoms with E-state index in [-0.39, 0.29) is 0 Å². The predicted molar refractivity (Wildman–Crippen MR) is 116 cm³/mol. The van der Waals surface area contributed by atoms with E-state index < -0.39 is 0 Å². The molecular weight excluding hydrogens is 352 g/mol. The summed E-state index contributed by atoms with van der Waals surface area (Å²) in [5, 5.41) is 3.45. The predicted octanol–water partition coefficient (Wildman–Crippen LogP) is 2.46. The van der Waals surface area contributed by atoms with Crippen LogP contribution >= 0.6 is 0 Å². The zero-order valence-corrected chi connectivity index (χ0v) is 17.9. The van der Waals surface area contributed by atoms with Gasteiger partial charge in [-0.2, -0.15) is 0 Å². The zero-order valence-electron chi connectivity index (χ0n) is 17.9. The third-order valence-electron chi connectivity index (χ3n) is 4.96. The Kier molecular flexibility index (Phi) is 10.9. The standard InChI is InChI=1S/C22H38N4O2/c1-4-23-22(26-14-11-21(18-26)19-28-16-15-27-3)24-12-8-13-25(2)17-20-9-6-5-7-10-20/h5-7,9-10,21H,4,8,11-19H2,1-3H3,(H,23,24). The second-order valence-electron chi connectivity index (χ2n) is 7.48. The lowest BCUT2D eigenvalue weighted by atomic mass is 10.1. The molecule has 1 aliphatic rings. The quantitative estimate of drug-likeness (QED) is 0.338. The van der Waals surface area contributed by atoms with Gasteiger partial charge in [0.15, 0.2) is 5.96 Å². The normalized spacial score (nSPS) is 17.5. The Morgan fingerprint density at radius 2 is 2.11 bits per heavy atom. The molecule has 6 nitrogen and oxygen atoms in total. The van der Waals surface area contributed by atoms with Gasteiger partial charge in [0.25, 0.3) is 0 Å². The molecular formula is C22H38N4O2. The highest BCUT2D eigenvalue weighted by Crippen LogP contribution is 2.16. The first-order valence-corrected chi connectivity index (χ1v) is 10.5. The van der Waals surface area contributed by atoms with Crippen LogP contribution in [0.25, 0.3) is 0 Å². The number of likely N-dealkylation sites (tertiary alicyclic amines) is 1. The molecule has 0 radical (unpaired) electrons. The van der Waals surface area contributed by atoms with Gasteiger partial charge < -0.3 is 24.6 Å². The van der Waals surface area contributed by atoms with E-state index in [4.69, 9.17) is 14.5 Å². The number of nitrogens with zero attached hydrogens (tertiary/aromatic N) is 3.